The summed E-state index contributed by atoms with van der Waals surface area (Å²) in [6, 6.07) is 15.5. The first-order valence-electron chi connectivity index (χ1n) is 6.88. The number of fused-ring (bicyclic) bond motifs is 3. The molecule has 3 aromatic rings. The van der Waals surface area contributed by atoms with Crippen molar-refractivity contribution in [2.45, 2.75) is 0 Å². The molecule has 1 aliphatic carbocycles. The maximum atomic E-state index is 14.1. The Bertz CT molecular complexity index is 897. The van der Waals surface area contributed by atoms with E-state index in [0.717, 1.165) is 28.3 Å². The summed E-state index contributed by atoms with van der Waals surface area (Å²) in [6.07, 6.45) is 1.95. The van der Waals surface area contributed by atoms with Crippen LogP contribution in [-0.2, 0) is 0 Å². The van der Waals surface area contributed by atoms with E-state index in [-0.39, 0.29) is 5.56 Å². The zero-order valence-corrected chi connectivity index (χ0v) is 11.4. The second-order valence-electron chi connectivity index (χ2n) is 5.22. The van der Waals surface area contributed by atoms with Crippen LogP contribution >= 0.6 is 0 Å². The zero-order valence-electron chi connectivity index (χ0n) is 11.4. The molecule has 1 aliphatic rings. The molecule has 0 saturated carbocycles. The quantitative estimate of drug-likeness (QED) is 0.415. The second kappa shape index (κ2) is 4.73. The Labute approximate surface area is 125 Å². The standard InChI is InChI=1S/C19H10F3/c20-17-9-8-15(18(21)19(17)22)14-7-3-6-13-12-5-2-1-4-11(12)10-16(13)14/h1-10H. The molecule has 107 valence electrons. The highest BCUT2D eigenvalue weighted by atomic mass is 19.2. The lowest BCUT2D eigenvalue weighted by atomic mass is 9.95. The predicted molar refractivity (Wildman–Crippen MR) is 79.7 cm³/mol. The van der Waals surface area contributed by atoms with E-state index in [1.807, 2.05) is 36.8 Å². The molecule has 3 heteroatoms. The van der Waals surface area contributed by atoms with Crippen molar-refractivity contribution in [2.75, 3.05) is 0 Å². The molecule has 22 heavy (non-hydrogen) atoms. The smallest absolute Gasteiger partial charge is 0.195 e. The molecule has 0 nitrogen and oxygen atoms in total. The van der Waals surface area contributed by atoms with Gasteiger partial charge in [-0.2, -0.15) is 0 Å². The maximum absolute atomic E-state index is 14.1. The number of benzene rings is 3. The second-order valence-corrected chi connectivity index (χ2v) is 5.22. The summed E-state index contributed by atoms with van der Waals surface area (Å²) in [6.45, 7) is 0. The van der Waals surface area contributed by atoms with Crippen LogP contribution in [0.3, 0.4) is 0 Å². The Morgan fingerprint density at radius 1 is 0.545 bits per heavy atom. The monoisotopic (exact) mass is 295 g/mol. The van der Waals surface area contributed by atoms with Crippen LogP contribution < -0.4 is 0 Å². The number of halogens is 3. The minimum Gasteiger partial charge on any atom is -0.204 e. The molecule has 0 N–H and O–H groups in total. The minimum absolute atomic E-state index is 0.0693. The first kappa shape index (κ1) is 13.1. The van der Waals surface area contributed by atoms with Crippen LogP contribution in [0.4, 0.5) is 13.2 Å². The summed E-state index contributed by atoms with van der Waals surface area (Å²) < 4.78 is 40.8. The van der Waals surface area contributed by atoms with Crippen molar-refractivity contribution in [3.8, 4) is 22.3 Å². The molecular formula is C19H10F3. The van der Waals surface area contributed by atoms with Crippen LogP contribution in [0.1, 0.15) is 11.1 Å². The molecule has 0 bridgehead atoms. The number of hydrogen-bond acceptors (Lipinski definition) is 0. The molecule has 4 rings (SSSR count). The SMILES string of the molecule is Fc1ccc(-c2cccc3c2[CH]c2ccccc2-3)c(F)c1F. The third-order valence-electron chi connectivity index (χ3n) is 3.98. The molecule has 0 atom stereocenters. The van der Waals surface area contributed by atoms with Crippen LogP contribution in [0.25, 0.3) is 22.3 Å². The van der Waals surface area contributed by atoms with E-state index < -0.39 is 17.5 Å². The van der Waals surface area contributed by atoms with Crippen molar-refractivity contribution in [1.82, 2.24) is 0 Å². The highest BCUT2D eigenvalue weighted by Gasteiger charge is 2.24. The van der Waals surface area contributed by atoms with Gasteiger partial charge in [0.25, 0.3) is 0 Å². The van der Waals surface area contributed by atoms with Crippen molar-refractivity contribution in [3.63, 3.8) is 0 Å². The van der Waals surface area contributed by atoms with Crippen LogP contribution in [0.15, 0.2) is 54.6 Å². The van der Waals surface area contributed by atoms with Gasteiger partial charge in [0.15, 0.2) is 17.5 Å². The van der Waals surface area contributed by atoms with Gasteiger partial charge in [0.05, 0.1) is 0 Å². The third-order valence-corrected chi connectivity index (χ3v) is 3.98. The largest absolute Gasteiger partial charge is 0.204 e. The van der Waals surface area contributed by atoms with Gasteiger partial charge in [0.2, 0.25) is 0 Å². The topological polar surface area (TPSA) is 0 Å². The summed E-state index contributed by atoms with van der Waals surface area (Å²) in [5.74, 6) is -3.77. The molecule has 0 heterocycles. The van der Waals surface area contributed by atoms with Crippen molar-refractivity contribution in [3.05, 3.63) is 89.6 Å². The van der Waals surface area contributed by atoms with E-state index in [1.165, 1.54) is 6.07 Å². The predicted octanol–water partition coefficient (Wildman–Crippen LogP) is 5.35. The van der Waals surface area contributed by atoms with Gasteiger partial charge < -0.3 is 0 Å². The first-order valence-corrected chi connectivity index (χ1v) is 6.88. The van der Waals surface area contributed by atoms with Crippen LogP contribution in [0.5, 0.6) is 0 Å². The van der Waals surface area contributed by atoms with Crippen LogP contribution in [-0.4, -0.2) is 0 Å². The molecule has 0 amide bonds. The van der Waals surface area contributed by atoms with Gasteiger partial charge in [-0.3, -0.25) is 0 Å². The fraction of sp³-hybridized carbons (Fsp3) is 0. The van der Waals surface area contributed by atoms with Gasteiger partial charge in [-0.05, 0) is 39.9 Å². The average Bonchev–Trinajstić information content (AvgIpc) is 2.92. The molecular weight excluding hydrogens is 285 g/mol. The van der Waals surface area contributed by atoms with Gasteiger partial charge in [0, 0.05) is 12.0 Å². The molecule has 0 unspecified atom stereocenters. The Morgan fingerprint density at radius 3 is 2.05 bits per heavy atom. The molecule has 0 spiro atoms. The fourth-order valence-electron chi connectivity index (χ4n) is 2.95. The number of hydrogen-bond donors (Lipinski definition) is 0. The van der Waals surface area contributed by atoms with E-state index in [0.29, 0.717) is 5.56 Å². The lowest BCUT2D eigenvalue weighted by Gasteiger charge is -2.10. The molecule has 1 radical (unpaired) electrons. The van der Waals surface area contributed by atoms with Gasteiger partial charge in [-0.15, -0.1) is 0 Å². The average molecular weight is 295 g/mol. The van der Waals surface area contributed by atoms with Crippen molar-refractivity contribution in [2.24, 2.45) is 0 Å². The lowest BCUT2D eigenvalue weighted by molar-refractivity contribution is 0.449. The molecule has 0 fully saturated rings. The summed E-state index contributed by atoms with van der Waals surface area (Å²) in [5.41, 5.74) is 4.52. The van der Waals surface area contributed by atoms with Crippen LogP contribution in [0.2, 0.25) is 0 Å². The Morgan fingerprint density at radius 2 is 1.23 bits per heavy atom. The van der Waals surface area contributed by atoms with E-state index in [4.69, 9.17) is 0 Å². The van der Waals surface area contributed by atoms with Gasteiger partial charge in [-0.1, -0.05) is 42.5 Å². The third kappa shape index (κ3) is 1.78. The van der Waals surface area contributed by atoms with E-state index in [1.54, 1.807) is 12.1 Å². The normalized spacial score (nSPS) is 12.1. The molecule has 0 aromatic heterocycles. The first-order chi connectivity index (χ1) is 10.7. The summed E-state index contributed by atoms with van der Waals surface area (Å²) >= 11 is 0. The summed E-state index contributed by atoms with van der Waals surface area (Å²) in [5, 5.41) is 0. The Balaban J connectivity index is 1.96. The van der Waals surface area contributed by atoms with E-state index in [9.17, 15) is 13.2 Å². The summed E-state index contributed by atoms with van der Waals surface area (Å²) in [7, 11) is 0. The Kier molecular flexibility index (Phi) is 2.83. The molecule has 0 aliphatic heterocycles. The molecule has 0 saturated heterocycles. The Hall–Kier alpha value is -2.55. The van der Waals surface area contributed by atoms with Crippen molar-refractivity contribution >= 4 is 0 Å². The van der Waals surface area contributed by atoms with Gasteiger partial charge in [-0.25, -0.2) is 13.2 Å². The van der Waals surface area contributed by atoms with E-state index in [2.05, 4.69) is 0 Å². The van der Waals surface area contributed by atoms with Crippen LogP contribution in [0, 0.1) is 23.9 Å². The van der Waals surface area contributed by atoms with Crippen molar-refractivity contribution in [1.29, 1.82) is 0 Å². The van der Waals surface area contributed by atoms with Gasteiger partial charge in [0.1, 0.15) is 0 Å². The molecule has 3 aromatic carbocycles. The summed E-state index contributed by atoms with van der Waals surface area (Å²) in [4.78, 5) is 0. The van der Waals surface area contributed by atoms with Crippen molar-refractivity contribution < 1.29 is 13.2 Å². The highest BCUT2D eigenvalue weighted by Crippen LogP contribution is 2.43. The fourth-order valence-corrected chi connectivity index (χ4v) is 2.95. The van der Waals surface area contributed by atoms with E-state index >= 15 is 0 Å². The minimum atomic E-state index is -1.44. The highest BCUT2D eigenvalue weighted by molar-refractivity contribution is 5.88. The zero-order chi connectivity index (χ0) is 15.3. The number of rotatable bonds is 1. The lowest BCUT2D eigenvalue weighted by Crippen LogP contribution is -1.96. The maximum Gasteiger partial charge on any atom is 0.195 e. The van der Waals surface area contributed by atoms with Gasteiger partial charge >= 0.3 is 0 Å².